The van der Waals surface area contributed by atoms with E-state index in [1.165, 1.54) is 5.69 Å². The summed E-state index contributed by atoms with van der Waals surface area (Å²) < 4.78 is 0. The van der Waals surface area contributed by atoms with Crippen LogP contribution in [0.4, 0.5) is 5.69 Å². The lowest BCUT2D eigenvalue weighted by molar-refractivity contribution is 0.453. The lowest BCUT2D eigenvalue weighted by Gasteiger charge is -2.39. The highest BCUT2D eigenvalue weighted by molar-refractivity contribution is 5.52. The number of nitriles is 1. The Kier molecular flexibility index (Phi) is 3.58. The summed E-state index contributed by atoms with van der Waals surface area (Å²) in [4.78, 5) is 2.44. The van der Waals surface area contributed by atoms with E-state index in [4.69, 9.17) is 5.26 Å². The van der Waals surface area contributed by atoms with Gasteiger partial charge in [-0.2, -0.15) is 5.26 Å². The van der Waals surface area contributed by atoms with Crippen LogP contribution in [0.15, 0.2) is 24.3 Å². The van der Waals surface area contributed by atoms with Crippen molar-refractivity contribution in [2.75, 3.05) is 18.0 Å². The summed E-state index contributed by atoms with van der Waals surface area (Å²) in [7, 11) is 0. The van der Waals surface area contributed by atoms with Crippen LogP contribution in [0.25, 0.3) is 0 Å². The van der Waals surface area contributed by atoms with E-state index < -0.39 is 0 Å². The molecule has 0 aromatic heterocycles. The van der Waals surface area contributed by atoms with Crippen molar-refractivity contribution >= 4 is 5.69 Å². The van der Waals surface area contributed by atoms with Crippen molar-refractivity contribution in [1.82, 2.24) is 5.32 Å². The minimum Gasteiger partial charge on any atom is -0.365 e. The molecule has 1 fully saturated rings. The molecule has 3 nitrogen and oxygen atoms in total. The highest BCUT2D eigenvalue weighted by Crippen LogP contribution is 2.28. The number of nitrogens with one attached hydrogen (secondary N) is 1. The van der Waals surface area contributed by atoms with Crippen LogP contribution in [0.3, 0.4) is 0 Å². The number of anilines is 1. The highest BCUT2D eigenvalue weighted by Gasteiger charge is 2.30. The lowest BCUT2D eigenvalue weighted by Crippen LogP contribution is -2.46. The monoisotopic (exact) mass is 243 g/mol. The number of nitrogens with zero attached hydrogens (tertiary/aromatic N) is 2. The van der Waals surface area contributed by atoms with E-state index in [-0.39, 0.29) is 5.54 Å². The molecule has 2 rings (SSSR count). The van der Waals surface area contributed by atoms with Gasteiger partial charge < -0.3 is 10.2 Å². The predicted octanol–water partition coefficient (Wildman–Crippen LogP) is 2.53. The maximum absolute atomic E-state index is 8.85. The molecular formula is C15H21N3. The van der Waals surface area contributed by atoms with Crippen LogP contribution in [0.2, 0.25) is 0 Å². The van der Waals surface area contributed by atoms with Gasteiger partial charge in [0.05, 0.1) is 11.6 Å². The summed E-state index contributed by atoms with van der Waals surface area (Å²) in [5, 5.41) is 12.4. The SMILES string of the molecule is CC1CN(c2ccc(C#N)cc2)C(C)(C)CCN1. The van der Waals surface area contributed by atoms with E-state index in [1.807, 2.05) is 12.1 Å². The second kappa shape index (κ2) is 4.99. The zero-order valence-corrected chi connectivity index (χ0v) is 11.4. The van der Waals surface area contributed by atoms with E-state index >= 15 is 0 Å². The van der Waals surface area contributed by atoms with E-state index in [0.717, 1.165) is 25.1 Å². The van der Waals surface area contributed by atoms with Crippen LogP contribution >= 0.6 is 0 Å². The van der Waals surface area contributed by atoms with Crippen molar-refractivity contribution < 1.29 is 0 Å². The molecule has 1 unspecified atom stereocenters. The third-order valence-corrected chi connectivity index (χ3v) is 3.72. The second-order valence-electron chi connectivity index (χ2n) is 5.69. The molecular weight excluding hydrogens is 222 g/mol. The third kappa shape index (κ3) is 2.65. The summed E-state index contributed by atoms with van der Waals surface area (Å²) >= 11 is 0. The molecule has 18 heavy (non-hydrogen) atoms. The Bertz CT molecular complexity index is 442. The molecule has 1 N–H and O–H groups in total. The first-order chi connectivity index (χ1) is 8.53. The first-order valence-corrected chi connectivity index (χ1v) is 6.54. The topological polar surface area (TPSA) is 39.1 Å². The van der Waals surface area contributed by atoms with Crippen LogP contribution in [0, 0.1) is 11.3 Å². The number of benzene rings is 1. The van der Waals surface area contributed by atoms with Gasteiger partial charge in [0.15, 0.2) is 0 Å². The summed E-state index contributed by atoms with van der Waals surface area (Å²) in [5.41, 5.74) is 2.07. The Balaban J connectivity index is 2.29. The summed E-state index contributed by atoms with van der Waals surface area (Å²) in [6.07, 6.45) is 1.12. The van der Waals surface area contributed by atoms with E-state index in [1.54, 1.807) is 0 Å². The van der Waals surface area contributed by atoms with Crippen molar-refractivity contribution in [1.29, 1.82) is 5.26 Å². The minimum absolute atomic E-state index is 0.145. The maximum atomic E-state index is 8.85. The van der Waals surface area contributed by atoms with Crippen molar-refractivity contribution in [2.45, 2.75) is 38.8 Å². The predicted molar refractivity (Wildman–Crippen MR) is 74.7 cm³/mol. The molecule has 1 saturated heterocycles. The zero-order chi connectivity index (χ0) is 13.2. The fourth-order valence-electron chi connectivity index (χ4n) is 2.52. The molecule has 1 atom stereocenters. The Hall–Kier alpha value is -1.53. The Morgan fingerprint density at radius 2 is 2.00 bits per heavy atom. The Morgan fingerprint density at radius 3 is 2.61 bits per heavy atom. The normalized spacial score (nSPS) is 23.2. The number of hydrogen-bond acceptors (Lipinski definition) is 3. The Morgan fingerprint density at radius 1 is 1.33 bits per heavy atom. The van der Waals surface area contributed by atoms with E-state index in [0.29, 0.717) is 6.04 Å². The molecule has 1 aliphatic heterocycles. The summed E-state index contributed by atoms with van der Waals surface area (Å²) in [5.74, 6) is 0. The van der Waals surface area contributed by atoms with Gasteiger partial charge >= 0.3 is 0 Å². The van der Waals surface area contributed by atoms with Crippen molar-refractivity contribution in [2.24, 2.45) is 0 Å². The number of rotatable bonds is 1. The van der Waals surface area contributed by atoms with Crippen molar-refractivity contribution in [3.63, 3.8) is 0 Å². The maximum Gasteiger partial charge on any atom is 0.0991 e. The quantitative estimate of drug-likeness (QED) is 0.823. The fourth-order valence-corrected chi connectivity index (χ4v) is 2.52. The third-order valence-electron chi connectivity index (χ3n) is 3.72. The van der Waals surface area contributed by atoms with Gasteiger partial charge in [0, 0.05) is 23.8 Å². The molecule has 0 amide bonds. The molecule has 0 spiro atoms. The molecule has 1 aromatic carbocycles. The molecule has 1 heterocycles. The van der Waals surface area contributed by atoms with Gasteiger partial charge in [0.1, 0.15) is 0 Å². The second-order valence-corrected chi connectivity index (χ2v) is 5.69. The van der Waals surface area contributed by atoms with Gasteiger partial charge in [0.25, 0.3) is 0 Å². The average Bonchev–Trinajstić information content (AvgIpc) is 2.48. The van der Waals surface area contributed by atoms with Crippen LogP contribution in [-0.2, 0) is 0 Å². The van der Waals surface area contributed by atoms with Gasteiger partial charge in [0.2, 0.25) is 0 Å². The molecule has 0 aliphatic carbocycles. The van der Waals surface area contributed by atoms with Gasteiger partial charge in [-0.15, -0.1) is 0 Å². The first kappa shape index (κ1) is 12.9. The Labute approximate surface area is 109 Å². The number of hydrogen-bond donors (Lipinski definition) is 1. The van der Waals surface area contributed by atoms with Crippen molar-refractivity contribution in [3.05, 3.63) is 29.8 Å². The van der Waals surface area contributed by atoms with Crippen LogP contribution < -0.4 is 10.2 Å². The summed E-state index contributed by atoms with van der Waals surface area (Å²) in [6.45, 7) is 8.84. The van der Waals surface area contributed by atoms with Crippen molar-refractivity contribution in [3.8, 4) is 6.07 Å². The minimum atomic E-state index is 0.145. The molecule has 0 bridgehead atoms. The first-order valence-electron chi connectivity index (χ1n) is 6.54. The molecule has 1 aromatic rings. The van der Waals surface area contributed by atoms with Gasteiger partial charge in [-0.3, -0.25) is 0 Å². The van der Waals surface area contributed by atoms with Gasteiger partial charge in [-0.25, -0.2) is 0 Å². The zero-order valence-electron chi connectivity index (χ0n) is 11.4. The molecule has 0 radical (unpaired) electrons. The van der Waals surface area contributed by atoms with E-state index in [9.17, 15) is 0 Å². The van der Waals surface area contributed by atoms with E-state index in [2.05, 4.69) is 49.2 Å². The van der Waals surface area contributed by atoms with Crippen LogP contribution in [0.1, 0.15) is 32.8 Å². The molecule has 3 heteroatoms. The average molecular weight is 243 g/mol. The van der Waals surface area contributed by atoms with Crippen LogP contribution in [-0.4, -0.2) is 24.7 Å². The largest absolute Gasteiger partial charge is 0.365 e. The molecule has 0 saturated carbocycles. The highest BCUT2D eigenvalue weighted by atomic mass is 15.2. The lowest BCUT2D eigenvalue weighted by atomic mass is 9.97. The molecule has 1 aliphatic rings. The van der Waals surface area contributed by atoms with Crippen LogP contribution in [0.5, 0.6) is 0 Å². The van der Waals surface area contributed by atoms with Gasteiger partial charge in [-0.1, -0.05) is 0 Å². The van der Waals surface area contributed by atoms with Gasteiger partial charge in [-0.05, 0) is 58.0 Å². The fraction of sp³-hybridized carbons (Fsp3) is 0.533. The molecule has 96 valence electrons. The summed E-state index contributed by atoms with van der Waals surface area (Å²) in [6, 6.07) is 10.6. The standard InChI is InChI=1S/C15H21N3/c1-12-11-18(15(2,3)8-9-17-12)14-6-4-13(10-16)5-7-14/h4-7,12,17H,8-9,11H2,1-3H3. The smallest absolute Gasteiger partial charge is 0.0991 e.